The Morgan fingerprint density at radius 1 is 0.900 bits per heavy atom. The molecule has 60 valence electrons. The second-order valence-corrected chi connectivity index (χ2v) is 5.54. The monoisotopic (exact) mass is 186 g/mol. The van der Waals surface area contributed by atoms with E-state index in [0.29, 0.717) is 0 Å². The fourth-order valence-electron chi connectivity index (χ4n) is 0.638. The fourth-order valence-corrected chi connectivity index (χ4v) is 3.62. The van der Waals surface area contributed by atoms with Crippen LogP contribution in [0.4, 0.5) is 0 Å². The van der Waals surface area contributed by atoms with Gasteiger partial charge in [0.15, 0.2) is 0 Å². The molecule has 0 radical (unpaired) electrons. The maximum atomic E-state index is 10.5. The molecule has 5 nitrogen and oxygen atoms in total. The van der Waals surface area contributed by atoms with Crippen LogP contribution in [0.2, 0.25) is 0 Å². The molecule has 7 heteroatoms. The van der Waals surface area contributed by atoms with E-state index in [1.807, 2.05) is 0 Å². The summed E-state index contributed by atoms with van der Waals surface area (Å²) in [5.41, 5.74) is 0. The summed E-state index contributed by atoms with van der Waals surface area (Å²) < 4.78 is 45.7. The summed E-state index contributed by atoms with van der Waals surface area (Å²) in [5.74, 6) is -0.404. The van der Waals surface area contributed by atoms with Crippen molar-refractivity contribution in [2.75, 3.05) is 11.5 Å². The van der Waals surface area contributed by atoms with Gasteiger partial charge < -0.3 is 0 Å². The van der Waals surface area contributed by atoms with E-state index in [1.54, 1.807) is 0 Å². The third-order valence-corrected chi connectivity index (χ3v) is 4.23. The predicted octanol–water partition coefficient (Wildman–Crippen LogP) is -0.934. The first-order valence-corrected chi connectivity index (χ1v) is 5.73. The lowest BCUT2D eigenvalue weighted by atomic mass is 10.6. The van der Waals surface area contributed by atoms with Crippen molar-refractivity contribution in [1.29, 1.82) is 0 Å². The van der Waals surface area contributed by atoms with E-state index < -0.39 is 20.2 Å². The smallest absolute Gasteiger partial charge is 0.198 e. The van der Waals surface area contributed by atoms with Crippen LogP contribution in [-0.2, 0) is 23.9 Å². The largest absolute Gasteiger partial charge is 0.281 e. The summed E-state index contributed by atoms with van der Waals surface area (Å²) in [7, 11) is -7.56. The van der Waals surface area contributed by atoms with Crippen molar-refractivity contribution >= 4 is 20.2 Å². The molecule has 0 aromatic carbocycles. The summed E-state index contributed by atoms with van der Waals surface area (Å²) in [4.78, 5) is 0. The minimum Gasteiger partial charge on any atom is -0.198 e. The maximum absolute atomic E-state index is 10.5. The van der Waals surface area contributed by atoms with Gasteiger partial charge in [-0.15, -0.1) is 3.63 Å². The van der Waals surface area contributed by atoms with Crippen LogP contribution in [0.1, 0.15) is 6.42 Å². The Labute approximate surface area is 59.2 Å². The number of rotatable bonds is 0. The summed E-state index contributed by atoms with van der Waals surface area (Å²) in [6, 6.07) is 0. The van der Waals surface area contributed by atoms with Crippen molar-refractivity contribution < 1.29 is 20.5 Å². The lowest BCUT2D eigenvalue weighted by Gasteiger charge is -2.09. The first-order valence-electron chi connectivity index (χ1n) is 2.58. The van der Waals surface area contributed by atoms with Crippen LogP contribution in [0.15, 0.2) is 0 Å². The highest BCUT2D eigenvalue weighted by Gasteiger charge is 2.28. The zero-order chi connectivity index (χ0) is 7.83. The van der Waals surface area contributed by atoms with Gasteiger partial charge in [-0.3, -0.25) is 0 Å². The van der Waals surface area contributed by atoms with Crippen LogP contribution in [0.25, 0.3) is 0 Å². The number of hydrogen-bond acceptors (Lipinski definition) is 5. The van der Waals surface area contributed by atoms with Gasteiger partial charge in [-0.25, -0.2) is 0 Å². The standard InChI is InChI=1S/C3H6O5S2/c4-9(5)2-1-3-10(6,7)8-9/h1-3H2. The van der Waals surface area contributed by atoms with Crippen molar-refractivity contribution in [2.24, 2.45) is 0 Å². The van der Waals surface area contributed by atoms with Gasteiger partial charge in [0.05, 0.1) is 11.5 Å². The zero-order valence-corrected chi connectivity index (χ0v) is 6.61. The van der Waals surface area contributed by atoms with Crippen LogP contribution in [0.3, 0.4) is 0 Å². The fraction of sp³-hybridized carbons (Fsp3) is 1.00. The summed E-state index contributed by atoms with van der Waals surface area (Å²) >= 11 is 0. The average Bonchev–Trinajstić information content (AvgIpc) is 1.56. The molecule has 0 unspecified atom stereocenters. The van der Waals surface area contributed by atoms with Gasteiger partial charge >= 0.3 is 0 Å². The molecule has 0 aromatic rings. The highest BCUT2D eigenvalue weighted by Crippen LogP contribution is 2.11. The lowest BCUT2D eigenvalue weighted by Crippen LogP contribution is -2.25. The SMILES string of the molecule is O=S1(=O)CCCS(=O)(=O)O1. The summed E-state index contributed by atoms with van der Waals surface area (Å²) in [5, 5.41) is 0. The molecule has 0 saturated carbocycles. The molecule has 0 aromatic heterocycles. The highest BCUT2D eigenvalue weighted by molar-refractivity contribution is 8.00. The van der Waals surface area contributed by atoms with E-state index in [1.165, 1.54) is 0 Å². The average molecular weight is 186 g/mol. The summed E-state index contributed by atoms with van der Waals surface area (Å²) in [6.45, 7) is 0. The topological polar surface area (TPSA) is 77.5 Å². The molecule has 0 bridgehead atoms. The molecule has 10 heavy (non-hydrogen) atoms. The van der Waals surface area contributed by atoms with Gasteiger partial charge in [0.2, 0.25) is 0 Å². The van der Waals surface area contributed by atoms with Crippen molar-refractivity contribution in [3.63, 3.8) is 0 Å². The van der Waals surface area contributed by atoms with Gasteiger partial charge in [0, 0.05) is 0 Å². The lowest BCUT2D eigenvalue weighted by molar-refractivity contribution is 0.451. The predicted molar refractivity (Wildman–Crippen MR) is 33.3 cm³/mol. The van der Waals surface area contributed by atoms with Crippen molar-refractivity contribution in [3.8, 4) is 0 Å². The normalized spacial score (nSPS) is 29.6. The van der Waals surface area contributed by atoms with Gasteiger partial charge in [0.25, 0.3) is 20.2 Å². The van der Waals surface area contributed by atoms with Crippen LogP contribution >= 0.6 is 0 Å². The van der Waals surface area contributed by atoms with Crippen LogP contribution in [0.5, 0.6) is 0 Å². The first-order chi connectivity index (χ1) is 4.41. The van der Waals surface area contributed by atoms with E-state index in [4.69, 9.17) is 0 Å². The third kappa shape index (κ3) is 1.93. The Balaban J connectivity index is 2.97. The molecule has 0 atom stereocenters. The Bertz CT molecular complexity index is 277. The van der Waals surface area contributed by atoms with Crippen LogP contribution in [-0.4, -0.2) is 28.3 Å². The molecule has 0 aliphatic carbocycles. The molecule has 1 aliphatic rings. The minimum absolute atomic E-state index is 0.130. The zero-order valence-electron chi connectivity index (χ0n) is 4.98. The van der Waals surface area contributed by atoms with E-state index in [2.05, 4.69) is 3.63 Å². The molecule has 1 fully saturated rings. The van der Waals surface area contributed by atoms with Crippen molar-refractivity contribution in [3.05, 3.63) is 0 Å². The van der Waals surface area contributed by atoms with Gasteiger partial charge in [-0.1, -0.05) is 0 Å². The molecule has 1 aliphatic heterocycles. The van der Waals surface area contributed by atoms with E-state index >= 15 is 0 Å². The first kappa shape index (κ1) is 7.96. The highest BCUT2D eigenvalue weighted by atomic mass is 32.3. The van der Waals surface area contributed by atoms with Crippen LogP contribution < -0.4 is 0 Å². The molecule has 0 amide bonds. The van der Waals surface area contributed by atoms with Crippen LogP contribution in [0, 0.1) is 0 Å². The maximum Gasteiger partial charge on any atom is 0.281 e. The number of hydrogen-bond donors (Lipinski definition) is 0. The van der Waals surface area contributed by atoms with Crippen molar-refractivity contribution in [1.82, 2.24) is 0 Å². The van der Waals surface area contributed by atoms with Crippen molar-refractivity contribution in [2.45, 2.75) is 6.42 Å². The second kappa shape index (κ2) is 2.18. The molecule has 1 rings (SSSR count). The van der Waals surface area contributed by atoms with E-state index in [9.17, 15) is 16.8 Å². The van der Waals surface area contributed by atoms with E-state index in [-0.39, 0.29) is 17.9 Å². The molecular formula is C3H6O5S2. The summed E-state index contributed by atoms with van der Waals surface area (Å²) in [6.07, 6.45) is 0.130. The molecule has 0 N–H and O–H groups in total. The Morgan fingerprint density at radius 2 is 1.30 bits per heavy atom. The van der Waals surface area contributed by atoms with E-state index in [0.717, 1.165) is 0 Å². The second-order valence-electron chi connectivity index (χ2n) is 1.95. The Hall–Kier alpha value is -0.140. The molecule has 0 spiro atoms. The van der Waals surface area contributed by atoms with Gasteiger partial charge in [-0.2, -0.15) is 16.8 Å². The Kier molecular flexibility index (Phi) is 1.73. The molecular weight excluding hydrogens is 180 g/mol. The third-order valence-electron chi connectivity index (χ3n) is 0.996. The molecule has 1 heterocycles. The Morgan fingerprint density at radius 3 is 1.50 bits per heavy atom. The van der Waals surface area contributed by atoms with Gasteiger partial charge in [-0.05, 0) is 6.42 Å². The van der Waals surface area contributed by atoms with Gasteiger partial charge in [0.1, 0.15) is 0 Å². The minimum atomic E-state index is -3.78. The quantitative estimate of drug-likeness (QED) is 0.488. The molecule has 1 saturated heterocycles.